The van der Waals surface area contributed by atoms with Crippen LogP contribution in [0.2, 0.25) is 0 Å². The molecule has 2 atom stereocenters. The summed E-state index contributed by atoms with van der Waals surface area (Å²) in [5.74, 6) is 2.51. The quantitative estimate of drug-likeness (QED) is 0.676. The fraction of sp³-hybridized carbons (Fsp3) is 0.412. The normalized spacial score (nSPS) is 22.7. The molecule has 6 nitrogen and oxygen atoms in total. The van der Waals surface area contributed by atoms with Crippen molar-refractivity contribution in [1.29, 1.82) is 0 Å². The Bertz CT molecular complexity index is 743. The minimum absolute atomic E-state index is 0.0950. The fourth-order valence-corrected chi connectivity index (χ4v) is 3.63. The van der Waals surface area contributed by atoms with Gasteiger partial charge in [-0.2, -0.15) is 0 Å². The van der Waals surface area contributed by atoms with Crippen molar-refractivity contribution in [2.24, 2.45) is 0 Å². The number of benzene rings is 1. The second kappa shape index (κ2) is 6.49. The molecule has 4 rings (SSSR count). The summed E-state index contributed by atoms with van der Waals surface area (Å²) in [5.41, 5.74) is 1.10. The van der Waals surface area contributed by atoms with Gasteiger partial charge in [-0.25, -0.2) is 9.97 Å². The molecule has 0 amide bonds. The van der Waals surface area contributed by atoms with E-state index in [4.69, 9.17) is 9.47 Å². The van der Waals surface area contributed by atoms with Gasteiger partial charge in [-0.05, 0) is 36.4 Å². The van der Waals surface area contributed by atoms with Gasteiger partial charge in [-0.1, -0.05) is 17.8 Å². The first-order valence-electron chi connectivity index (χ1n) is 7.94. The van der Waals surface area contributed by atoms with Gasteiger partial charge in [0.15, 0.2) is 16.7 Å². The third-order valence-corrected chi connectivity index (χ3v) is 5.09. The smallest absolute Gasteiger partial charge is 0.231 e. The van der Waals surface area contributed by atoms with Crippen LogP contribution in [0.5, 0.6) is 11.5 Å². The van der Waals surface area contributed by atoms with E-state index in [-0.39, 0.29) is 12.7 Å². The van der Waals surface area contributed by atoms with Crippen molar-refractivity contribution in [3.05, 3.63) is 36.0 Å². The van der Waals surface area contributed by atoms with Crippen molar-refractivity contribution in [2.75, 3.05) is 31.0 Å². The largest absolute Gasteiger partial charge is 0.454 e. The Morgan fingerprint density at radius 1 is 1.25 bits per heavy atom. The first-order valence-corrected chi connectivity index (χ1v) is 9.16. The molecule has 0 unspecified atom stereocenters. The van der Waals surface area contributed by atoms with Crippen molar-refractivity contribution in [2.45, 2.75) is 23.6 Å². The van der Waals surface area contributed by atoms with Crippen LogP contribution in [-0.2, 0) is 0 Å². The van der Waals surface area contributed by atoms with Gasteiger partial charge in [0.2, 0.25) is 6.79 Å². The molecule has 1 N–H and O–H groups in total. The Morgan fingerprint density at radius 3 is 2.96 bits per heavy atom. The standard InChI is InChI=1S/C17H19N3O3S/c1-24-17-18-6-4-16(19-17)20-7-5-12(13(21)9-20)11-2-3-14-15(8-11)23-10-22-14/h2-4,6,8,12-13,21H,5,7,9-10H2,1H3/t12-,13+/m0/s1. The predicted octanol–water partition coefficient (Wildman–Crippen LogP) is 2.28. The summed E-state index contributed by atoms with van der Waals surface area (Å²) in [6.07, 6.45) is 4.13. The van der Waals surface area contributed by atoms with Crippen molar-refractivity contribution >= 4 is 17.6 Å². The number of aliphatic hydroxyl groups is 1. The van der Waals surface area contributed by atoms with E-state index in [9.17, 15) is 5.11 Å². The monoisotopic (exact) mass is 345 g/mol. The molecule has 0 saturated carbocycles. The van der Waals surface area contributed by atoms with Crippen LogP contribution in [0, 0.1) is 0 Å². The maximum atomic E-state index is 10.7. The minimum Gasteiger partial charge on any atom is -0.454 e. The molecule has 7 heteroatoms. The molecule has 24 heavy (non-hydrogen) atoms. The third-order valence-electron chi connectivity index (χ3n) is 4.53. The molecule has 3 heterocycles. The maximum Gasteiger partial charge on any atom is 0.231 e. The van der Waals surface area contributed by atoms with Crippen LogP contribution in [0.3, 0.4) is 0 Å². The number of rotatable bonds is 3. The lowest BCUT2D eigenvalue weighted by molar-refractivity contribution is 0.129. The number of β-amino-alcohol motifs (C(OH)–C–C–N with tert-alkyl or cyclic N) is 1. The SMILES string of the molecule is CSc1nccc(N2CC[C@@H](c3ccc4c(c3)OCO4)[C@H](O)C2)n1. The molecular weight excluding hydrogens is 326 g/mol. The predicted molar refractivity (Wildman–Crippen MR) is 92.0 cm³/mol. The summed E-state index contributed by atoms with van der Waals surface area (Å²) >= 11 is 1.52. The number of aliphatic hydroxyl groups excluding tert-OH is 1. The average Bonchev–Trinajstić information content (AvgIpc) is 3.09. The Balaban J connectivity index is 1.50. The highest BCUT2D eigenvalue weighted by Gasteiger charge is 2.30. The lowest BCUT2D eigenvalue weighted by Gasteiger charge is -2.36. The Kier molecular flexibility index (Phi) is 4.20. The Hall–Kier alpha value is -1.99. The zero-order valence-corrected chi connectivity index (χ0v) is 14.2. The fourth-order valence-electron chi connectivity index (χ4n) is 3.28. The van der Waals surface area contributed by atoms with Crippen LogP contribution >= 0.6 is 11.8 Å². The number of hydrogen-bond donors (Lipinski definition) is 1. The zero-order valence-electron chi connectivity index (χ0n) is 13.4. The number of anilines is 1. The van der Waals surface area contributed by atoms with E-state index in [1.54, 1.807) is 6.20 Å². The summed E-state index contributed by atoms with van der Waals surface area (Å²) in [6.45, 7) is 1.68. The molecule has 1 fully saturated rings. The summed E-state index contributed by atoms with van der Waals surface area (Å²) in [4.78, 5) is 10.8. The van der Waals surface area contributed by atoms with E-state index in [1.165, 1.54) is 11.8 Å². The molecule has 2 aliphatic rings. The first kappa shape index (κ1) is 15.5. The van der Waals surface area contributed by atoms with E-state index in [1.807, 2.05) is 30.5 Å². The van der Waals surface area contributed by atoms with E-state index >= 15 is 0 Å². The number of fused-ring (bicyclic) bond motifs is 1. The molecule has 0 spiro atoms. The maximum absolute atomic E-state index is 10.7. The average molecular weight is 345 g/mol. The molecule has 1 saturated heterocycles. The van der Waals surface area contributed by atoms with Crippen LogP contribution in [-0.4, -0.2) is 47.3 Å². The molecular formula is C17H19N3O3S. The second-order valence-corrected chi connectivity index (χ2v) is 6.70. The van der Waals surface area contributed by atoms with Gasteiger partial charge in [0.25, 0.3) is 0 Å². The molecule has 2 aliphatic heterocycles. The number of nitrogens with zero attached hydrogens (tertiary/aromatic N) is 3. The van der Waals surface area contributed by atoms with Crippen LogP contribution in [0.25, 0.3) is 0 Å². The Labute approximate surface area is 144 Å². The molecule has 1 aromatic heterocycles. The van der Waals surface area contributed by atoms with Crippen LogP contribution in [0.15, 0.2) is 35.6 Å². The highest BCUT2D eigenvalue weighted by Crippen LogP contribution is 2.38. The summed E-state index contributed by atoms with van der Waals surface area (Å²) in [6, 6.07) is 7.83. The minimum atomic E-state index is -0.452. The molecule has 0 radical (unpaired) electrons. The lowest BCUT2D eigenvalue weighted by atomic mass is 9.87. The van der Waals surface area contributed by atoms with E-state index in [0.717, 1.165) is 41.0 Å². The highest BCUT2D eigenvalue weighted by molar-refractivity contribution is 7.98. The zero-order chi connectivity index (χ0) is 16.5. The van der Waals surface area contributed by atoms with Gasteiger partial charge in [0.05, 0.1) is 6.10 Å². The van der Waals surface area contributed by atoms with Crippen molar-refractivity contribution in [3.63, 3.8) is 0 Å². The van der Waals surface area contributed by atoms with Gasteiger partial charge >= 0.3 is 0 Å². The summed E-state index contributed by atoms with van der Waals surface area (Å²) in [7, 11) is 0. The number of hydrogen-bond acceptors (Lipinski definition) is 7. The van der Waals surface area contributed by atoms with Gasteiger partial charge in [-0.3, -0.25) is 0 Å². The van der Waals surface area contributed by atoms with Crippen LogP contribution in [0.4, 0.5) is 5.82 Å². The van der Waals surface area contributed by atoms with Crippen LogP contribution < -0.4 is 14.4 Å². The topological polar surface area (TPSA) is 67.7 Å². The van der Waals surface area contributed by atoms with E-state index in [2.05, 4.69) is 14.9 Å². The molecule has 0 bridgehead atoms. The molecule has 126 valence electrons. The number of thioether (sulfide) groups is 1. The molecule has 0 aliphatic carbocycles. The summed E-state index contributed by atoms with van der Waals surface area (Å²) < 4.78 is 10.8. The van der Waals surface area contributed by atoms with Crippen molar-refractivity contribution in [1.82, 2.24) is 9.97 Å². The number of ether oxygens (including phenoxy) is 2. The van der Waals surface area contributed by atoms with E-state index in [0.29, 0.717) is 6.54 Å². The van der Waals surface area contributed by atoms with Crippen molar-refractivity contribution in [3.8, 4) is 11.5 Å². The molecule has 1 aromatic carbocycles. The third kappa shape index (κ3) is 2.89. The van der Waals surface area contributed by atoms with Gasteiger partial charge < -0.3 is 19.5 Å². The number of piperidine rings is 1. The van der Waals surface area contributed by atoms with Crippen LogP contribution in [0.1, 0.15) is 17.9 Å². The lowest BCUT2D eigenvalue weighted by Crippen LogP contribution is -2.43. The Morgan fingerprint density at radius 2 is 2.12 bits per heavy atom. The van der Waals surface area contributed by atoms with Gasteiger partial charge in [0, 0.05) is 25.2 Å². The van der Waals surface area contributed by atoms with Crippen molar-refractivity contribution < 1.29 is 14.6 Å². The molecule has 2 aromatic rings. The van der Waals surface area contributed by atoms with E-state index < -0.39 is 6.10 Å². The van der Waals surface area contributed by atoms with Gasteiger partial charge in [-0.15, -0.1) is 0 Å². The first-order chi connectivity index (χ1) is 11.7. The van der Waals surface area contributed by atoms with Gasteiger partial charge in [0.1, 0.15) is 5.82 Å². The second-order valence-electron chi connectivity index (χ2n) is 5.92. The number of aromatic nitrogens is 2. The highest BCUT2D eigenvalue weighted by atomic mass is 32.2. The summed E-state index contributed by atoms with van der Waals surface area (Å²) in [5, 5.41) is 11.4.